The second-order valence-electron chi connectivity index (χ2n) is 2.53. The molecule has 0 atom stereocenters. The average Bonchev–Trinajstić information content (AvgIpc) is 2.11. The first-order chi connectivity index (χ1) is 6.58. The zero-order valence-corrected chi connectivity index (χ0v) is 8.83. The van der Waals surface area contributed by atoms with Gasteiger partial charge in [0.25, 0.3) is 0 Å². The third-order valence-electron chi connectivity index (χ3n) is 1.53. The minimum Gasteiger partial charge on any atom is -0.395 e. The van der Waals surface area contributed by atoms with Crippen molar-refractivity contribution >= 4 is 10.0 Å². The summed E-state index contributed by atoms with van der Waals surface area (Å²) in [6, 6.07) is 1.57. The first-order valence-corrected chi connectivity index (χ1v) is 5.64. The Balaban J connectivity index is 4.40. The van der Waals surface area contributed by atoms with Crippen LogP contribution in [0.1, 0.15) is 0 Å². The monoisotopic (exact) mass is 222 g/mol. The minimum absolute atomic E-state index is 0.00657. The number of rotatable bonds is 7. The number of ether oxygens (including phenoxy) is 1. The Bertz CT molecular complexity index is 283. The summed E-state index contributed by atoms with van der Waals surface area (Å²) in [5, 5.41) is 16.9. The molecule has 0 bridgehead atoms. The highest BCUT2D eigenvalue weighted by molar-refractivity contribution is 7.89. The van der Waals surface area contributed by atoms with Gasteiger partial charge in [-0.05, 0) is 0 Å². The van der Waals surface area contributed by atoms with E-state index >= 15 is 0 Å². The molecule has 6 nitrogen and oxygen atoms in total. The van der Waals surface area contributed by atoms with E-state index in [9.17, 15) is 8.42 Å². The molecule has 0 aromatic rings. The van der Waals surface area contributed by atoms with Crippen LogP contribution in [0.25, 0.3) is 0 Å². The van der Waals surface area contributed by atoms with Gasteiger partial charge in [-0.1, -0.05) is 0 Å². The largest absolute Gasteiger partial charge is 0.395 e. The summed E-state index contributed by atoms with van der Waals surface area (Å²) >= 11 is 0. The third kappa shape index (κ3) is 4.53. The highest BCUT2D eigenvalue weighted by atomic mass is 32.2. The summed E-state index contributed by atoms with van der Waals surface area (Å²) in [5.74, 6) is -0.573. The van der Waals surface area contributed by atoms with E-state index in [4.69, 9.17) is 15.1 Å². The van der Waals surface area contributed by atoms with E-state index in [1.165, 1.54) is 7.11 Å². The van der Waals surface area contributed by atoms with Gasteiger partial charge in [-0.2, -0.15) is 9.57 Å². The molecule has 0 aliphatic heterocycles. The molecule has 0 aromatic heterocycles. The highest BCUT2D eigenvalue weighted by Gasteiger charge is 2.20. The van der Waals surface area contributed by atoms with Crippen LogP contribution in [-0.2, 0) is 14.8 Å². The maximum atomic E-state index is 11.4. The number of hydrogen-bond donors (Lipinski definition) is 1. The molecule has 0 radical (unpaired) electrons. The molecule has 0 rings (SSSR count). The lowest BCUT2D eigenvalue weighted by atomic mass is 10.6. The lowest BCUT2D eigenvalue weighted by Gasteiger charge is -2.18. The van der Waals surface area contributed by atoms with Crippen molar-refractivity contribution in [3.63, 3.8) is 0 Å². The van der Waals surface area contributed by atoms with E-state index in [0.717, 1.165) is 4.31 Å². The predicted octanol–water partition coefficient (Wildman–Crippen LogP) is -1.22. The number of nitrogens with zero attached hydrogens (tertiary/aromatic N) is 2. The summed E-state index contributed by atoms with van der Waals surface area (Å²) in [5.41, 5.74) is 0. The normalized spacial score (nSPS) is 11.6. The van der Waals surface area contributed by atoms with Gasteiger partial charge in [-0.25, -0.2) is 8.42 Å². The van der Waals surface area contributed by atoms with Crippen LogP contribution in [0.4, 0.5) is 0 Å². The highest BCUT2D eigenvalue weighted by Crippen LogP contribution is 2.00. The number of hydrogen-bond acceptors (Lipinski definition) is 5. The van der Waals surface area contributed by atoms with Gasteiger partial charge in [0, 0.05) is 20.2 Å². The molecular formula is C7H14N2O4S. The van der Waals surface area contributed by atoms with Crippen LogP contribution >= 0.6 is 0 Å². The summed E-state index contributed by atoms with van der Waals surface area (Å²) in [6.45, 7) is 0.119. The molecule has 1 N–H and O–H groups in total. The van der Waals surface area contributed by atoms with Crippen LogP contribution < -0.4 is 0 Å². The van der Waals surface area contributed by atoms with Crippen LogP contribution in [-0.4, -0.2) is 57.0 Å². The van der Waals surface area contributed by atoms with Gasteiger partial charge in [0.1, 0.15) is 0 Å². The molecule has 0 unspecified atom stereocenters. The molecule has 14 heavy (non-hydrogen) atoms. The van der Waals surface area contributed by atoms with Crippen molar-refractivity contribution in [1.29, 1.82) is 5.26 Å². The fraction of sp³-hybridized carbons (Fsp3) is 0.857. The zero-order chi connectivity index (χ0) is 11.0. The number of sulfonamides is 1. The smallest absolute Gasteiger partial charge is 0.227 e. The molecule has 0 amide bonds. The fourth-order valence-corrected chi connectivity index (χ4v) is 1.93. The Labute approximate surface area is 83.7 Å². The zero-order valence-electron chi connectivity index (χ0n) is 8.01. The Morgan fingerprint density at radius 1 is 1.50 bits per heavy atom. The lowest BCUT2D eigenvalue weighted by molar-refractivity contribution is 0.169. The van der Waals surface area contributed by atoms with Gasteiger partial charge >= 0.3 is 0 Å². The number of methoxy groups -OCH3 is 1. The van der Waals surface area contributed by atoms with Gasteiger partial charge in [-0.3, -0.25) is 0 Å². The summed E-state index contributed by atoms with van der Waals surface area (Å²) in [7, 11) is -2.12. The number of nitriles is 1. The quantitative estimate of drug-likeness (QED) is 0.583. The van der Waals surface area contributed by atoms with Crippen molar-refractivity contribution in [2.75, 3.05) is 39.2 Å². The van der Waals surface area contributed by atoms with Crippen molar-refractivity contribution in [1.82, 2.24) is 4.31 Å². The molecular weight excluding hydrogens is 208 g/mol. The van der Waals surface area contributed by atoms with Crippen molar-refractivity contribution in [2.45, 2.75) is 0 Å². The van der Waals surface area contributed by atoms with Gasteiger partial charge < -0.3 is 9.84 Å². The Hall–Kier alpha value is -0.680. The first kappa shape index (κ1) is 13.3. The van der Waals surface area contributed by atoms with E-state index in [0.29, 0.717) is 0 Å². The van der Waals surface area contributed by atoms with E-state index < -0.39 is 15.8 Å². The van der Waals surface area contributed by atoms with E-state index in [1.807, 2.05) is 0 Å². The number of aliphatic hydroxyl groups excluding tert-OH is 1. The van der Waals surface area contributed by atoms with Crippen LogP contribution in [0.3, 0.4) is 0 Å². The van der Waals surface area contributed by atoms with Crippen molar-refractivity contribution in [2.24, 2.45) is 0 Å². The van der Waals surface area contributed by atoms with E-state index in [2.05, 4.69) is 0 Å². The van der Waals surface area contributed by atoms with Gasteiger partial charge in [0.15, 0.2) is 5.75 Å². The van der Waals surface area contributed by atoms with Crippen LogP contribution in [0.2, 0.25) is 0 Å². The van der Waals surface area contributed by atoms with Crippen LogP contribution in [0.15, 0.2) is 0 Å². The second kappa shape index (κ2) is 6.73. The SMILES string of the molecule is COCCN(CCO)S(=O)(=O)CC#N. The first-order valence-electron chi connectivity index (χ1n) is 4.03. The number of aliphatic hydroxyl groups is 1. The summed E-state index contributed by atoms with van der Waals surface area (Å²) in [6.07, 6.45) is 0. The topological polar surface area (TPSA) is 90.6 Å². The molecule has 0 spiro atoms. The van der Waals surface area contributed by atoms with Gasteiger partial charge in [-0.15, -0.1) is 0 Å². The standard InChI is InChI=1S/C7H14N2O4S/c1-13-6-4-9(3-5-10)14(11,12)7-2-8/h10H,3-7H2,1H3. The minimum atomic E-state index is -3.57. The van der Waals surface area contributed by atoms with Crippen molar-refractivity contribution in [3.05, 3.63) is 0 Å². The Morgan fingerprint density at radius 2 is 2.14 bits per heavy atom. The molecule has 0 aromatic carbocycles. The molecule has 0 heterocycles. The predicted molar refractivity (Wildman–Crippen MR) is 49.9 cm³/mol. The van der Waals surface area contributed by atoms with E-state index in [1.54, 1.807) is 6.07 Å². The molecule has 7 heteroatoms. The molecule has 0 saturated heterocycles. The van der Waals surface area contributed by atoms with Crippen molar-refractivity contribution in [3.8, 4) is 6.07 Å². The summed E-state index contributed by atoms with van der Waals surface area (Å²) < 4.78 is 28.5. The Kier molecular flexibility index (Phi) is 6.40. The lowest BCUT2D eigenvalue weighted by Crippen LogP contribution is -2.37. The average molecular weight is 222 g/mol. The van der Waals surface area contributed by atoms with Gasteiger partial charge in [0.05, 0.1) is 19.3 Å². The summed E-state index contributed by atoms with van der Waals surface area (Å²) in [4.78, 5) is 0. The third-order valence-corrected chi connectivity index (χ3v) is 3.18. The molecule has 0 aliphatic carbocycles. The maximum absolute atomic E-state index is 11.4. The van der Waals surface area contributed by atoms with Crippen molar-refractivity contribution < 1.29 is 18.3 Å². The second-order valence-corrected chi connectivity index (χ2v) is 4.50. The van der Waals surface area contributed by atoms with E-state index in [-0.39, 0.29) is 26.3 Å². The molecule has 82 valence electrons. The molecule has 0 saturated carbocycles. The molecule has 0 aliphatic rings. The van der Waals surface area contributed by atoms with Gasteiger partial charge in [0.2, 0.25) is 10.0 Å². The fourth-order valence-electron chi connectivity index (χ4n) is 0.867. The molecule has 0 fully saturated rings. The Morgan fingerprint density at radius 3 is 2.57 bits per heavy atom. The van der Waals surface area contributed by atoms with Crippen LogP contribution in [0.5, 0.6) is 0 Å². The maximum Gasteiger partial charge on any atom is 0.227 e. The van der Waals surface area contributed by atoms with Crippen LogP contribution in [0, 0.1) is 11.3 Å².